The lowest BCUT2D eigenvalue weighted by Gasteiger charge is -2.41. The molecule has 0 aromatic heterocycles. The van der Waals surface area contributed by atoms with Gasteiger partial charge in [-0.1, -0.05) is 20.3 Å². The first-order valence-electron chi connectivity index (χ1n) is 8.47. The van der Waals surface area contributed by atoms with Crippen LogP contribution in [0.1, 0.15) is 60.3 Å². The van der Waals surface area contributed by atoms with Crippen LogP contribution in [0.25, 0.3) is 0 Å². The van der Waals surface area contributed by atoms with Crippen LogP contribution in [-0.4, -0.2) is 51.8 Å². The molecule has 2 N–H and O–H groups in total. The summed E-state index contributed by atoms with van der Waals surface area (Å²) in [5.41, 5.74) is 5.35. The van der Waals surface area contributed by atoms with Gasteiger partial charge < -0.3 is 19.0 Å². The highest BCUT2D eigenvalue weighted by Crippen LogP contribution is 2.24. The molecule has 1 amide bonds. The fourth-order valence-corrected chi connectivity index (χ4v) is 5.59. The quantitative estimate of drug-likeness (QED) is 0.493. The van der Waals surface area contributed by atoms with Crippen LogP contribution in [-0.2, 0) is 18.1 Å². The lowest BCUT2D eigenvalue weighted by molar-refractivity contribution is -0.118. The van der Waals surface area contributed by atoms with Gasteiger partial charge in [-0.15, -0.1) is 0 Å². The Kier molecular flexibility index (Phi) is 11.8. The lowest BCUT2D eigenvalue weighted by atomic mass is 10.1. The third kappa shape index (κ3) is 6.74. The van der Waals surface area contributed by atoms with Crippen molar-refractivity contribution in [1.82, 2.24) is 4.57 Å². The van der Waals surface area contributed by atoms with Crippen molar-refractivity contribution in [2.24, 2.45) is 5.73 Å². The van der Waals surface area contributed by atoms with Crippen molar-refractivity contribution in [3.8, 4) is 0 Å². The van der Waals surface area contributed by atoms with Gasteiger partial charge in [-0.05, 0) is 33.6 Å². The van der Waals surface area contributed by atoms with Gasteiger partial charge in [-0.25, -0.2) is 0 Å². The largest absolute Gasteiger partial charge is 0.599 e. The second kappa shape index (κ2) is 12.0. The normalized spacial score (nSPS) is 13.5. The first-order chi connectivity index (χ1) is 10.5. The second-order valence-corrected chi connectivity index (χ2v) is 7.57. The van der Waals surface area contributed by atoms with E-state index >= 15 is 0 Å². The molecule has 0 spiro atoms. The maximum absolute atomic E-state index is 11.3. The Bertz CT molecular complexity index is 288. The zero-order chi connectivity index (χ0) is 17.0. The maximum atomic E-state index is 11.3. The third-order valence-corrected chi connectivity index (χ3v) is 6.72. The Labute approximate surface area is 136 Å². The van der Waals surface area contributed by atoms with Crippen molar-refractivity contribution < 1.29 is 18.1 Å². The topological polar surface area (TPSA) is 74.0 Å². The van der Waals surface area contributed by atoms with Gasteiger partial charge in [-0.3, -0.25) is 9.36 Å². The highest BCUT2D eigenvalue weighted by atomic mass is 28.4. The molecular weight excluding hydrogens is 300 g/mol. The molecule has 132 valence electrons. The Morgan fingerprint density at radius 2 is 1.55 bits per heavy atom. The number of carbonyl (C=O) groups excluding carboxylic acids is 1. The molecule has 7 heteroatoms. The molecule has 0 saturated carbocycles. The van der Waals surface area contributed by atoms with Gasteiger partial charge in [0.15, 0.2) is 0 Å². The zero-order valence-electron chi connectivity index (χ0n) is 14.9. The number of hydrogen-bond acceptors (Lipinski definition) is 5. The standard InChI is InChI=1S/C15H34N2O4Si/c1-6-11-14(7-2)17(13-12-15(16)18)22(19-8-3,20-9-4)21-10-5/h14H,6-13H2,1-5H3,(H2,16,18). The Morgan fingerprint density at radius 3 is 1.86 bits per heavy atom. The number of amides is 1. The summed E-state index contributed by atoms with van der Waals surface area (Å²) in [5.74, 6) is -0.316. The summed E-state index contributed by atoms with van der Waals surface area (Å²) in [5, 5.41) is 0. The van der Waals surface area contributed by atoms with Gasteiger partial charge in [0.05, 0.1) is 0 Å². The minimum atomic E-state index is -2.99. The van der Waals surface area contributed by atoms with Crippen LogP contribution >= 0.6 is 0 Å². The predicted molar refractivity (Wildman–Crippen MR) is 90.1 cm³/mol. The van der Waals surface area contributed by atoms with Crippen LogP contribution in [0.4, 0.5) is 0 Å². The average molecular weight is 335 g/mol. The van der Waals surface area contributed by atoms with Crippen LogP contribution in [0.3, 0.4) is 0 Å². The third-order valence-electron chi connectivity index (χ3n) is 3.47. The van der Waals surface area contributed by atoms with E-state index in [9.17, 15) is 4.79 Å². The molecule has 0 aliphatic carbocycles. The SMILES string of the molecule is CCCC(CC)N(CCC(N)=O)[Si](OCC)(OCC)OCC. The number of nitrogens with two attached hydrogens (primary N) is 1. The lowest BCUT2D eigenvalue weighted by Crippen LogP contribution is -2.64. The fraction of sp³-hybridized carbons (Fsp3) is 0.933. The molecule has 0 radical (unpaired) electrons. The number of nitrogens with zero attached hydrogens (tertiary/aromatic N) is 1. The van der Waals surface area contributed by atoms with E-state index in [1.54, 1.807) is 0 Å². The summed E-state index contributed by atoms with van der Waals surface area (Å²) in [6.07, 6.45) is 3.30. The van der Waals surface area contributed by atoms with Crippen LogP contribution in [0.15, 0.2) is 0 Å². The van der Waals surface area contributed by atoms with Crippen molar-refractivity contribution in [2.75, 3.05) is 26.4 Å². The van der Waals surface area contributed by atoms with Crippen molar-refractivity contribution in [2.45, 2.75) is 66.3 Å². The number of carbonyl (C=O) groups is 1. The summed E-state index contributed by atoms with van der Waals surface area (Å²) < 4.78 is 20.2. The van der Waals surface area contributed by atoms with Crippen LogP contribution < -0.4 is 5.73 Å². The fourth-order valence-electron chi connectivity index (χ4n) is 2.61. The molecule has 0 heterocycles. The molecule has 0 fully saturated rings. The van der Waals surface area contributed by atoms with Gasteiger partial charge in [0, 0.05) is 38.8 Å². The monoisotopic (exact) mass is 334 g/mol. The maximum Gasteiger partial charge on any atom is 0.599 e. The zero-order valence-corrected chi connectivity index (χ0v) is 15.9. The van der Waals surface area contributed by atoms with Crippen molar-refractivity contribution in [3.63, 3.8) is 0 Å². The van der Waals surface area contributed by atoms with E-state index in [0.717, 1.165) is 19.3 Å². The Hall–Kier alpha value is -0.473. The molecule has 0 saturated heterocycles. The van der Waals surface area contributed by atoms with Gasteiger partial charge in [0.2, 0.25) is 5.91 Å². The average Bonchev–Trinajstić information content (AvgIpc) is 2.46. The van der Waals surface area contributed by atoms with Crippen LogP contribution in [0.5, 0.6) is 0 Å². The predicted octanol–water partition coefficient (Wildman–Crippen LogP) is 2.29. The summed E-state index contributed by atoms with van der Waals surface area (Å²) >= 11 is 0. The number of hydrogen-bond donors (Lipinski definition) is 1. The minimum Gasteiger partial charge on any atom is -0.370 e. The molecule has 0 bridgehead atoms. The van der Waals surface area contributed by atoms with Crippen molar-refractivity contribution >= 4 is 14.9 Å². The summed E-state index contributed by atoms with van der Waals surface area (Å²) in [7, 11) is -2.99. The molecule has 6 nitrogen and oxygen atoms in total. The van der Waals surface area contributed by atoms with Gasteiger partial charge in [0.1, 0.15) is 0 Å². The van der Waals surface area contributed by atoms with Crippen LogP contribution in [0.2, 0.25) is 0 Å². The van der Waals surface area contributed by atoms with Gasteiger partial charge >= 0.3 is 8.97 Å². The molecule has 1 atom stereocenters. The first-order valence-corrected chi connectivity index (χ1v) is 10.1. The molecule has 0 aromatic carbocycles. The number of primary amides is 1. The highest BCUT2D eigenvalue weighted by Gasteiger charge is 2.50. The van der Waals surface area contributed by atoms with Gasteiger partial charge in [0.25, 0.3) is 0 Å². The van der Waals surface area contributed by atoms with Crippen molar-refractivity contribution in [1.29, 1.82) is 0 Å². The summed E-state index contributed by atoms with van der Waals surface area (Å²) in [4.78, 5) is 11.3. The Morgan fingerprint density at radius 1 is 1.05 bits per heavy atom. The molecule has 0 aliphatic heterocycles. The molecular formula is C15H34N2O4Si. The van der Waals surface area contributed by atoms with E-state index in [2.05, 4.69) is 18.4 Å². The minimum absolute atomic E-state index is 0.265. The van der Waals surface area contributed by atoms with Gasteiger partial charge in [-0.2, -0.15) is 0 Å². The van der Waals surface area contributed by atoms with E-state index in [1.807, 2.05) is 20.8 Å². The Balaban J connectivity index is 5.49. The molecule has 0 aliphatic rings. The smallest absolute Gasteiger partial charge is 0.370 e. The van der Waals surface area contributed by atoms with E-state index in [1.165, 1.54) is 0 Å². The molecule has 0 aromatic rings. The van der Waals surface area contributed by atoms with Crippen molar-refractivity contribution in [3.05, 3.63) is 0 Å². The van der Waals surface area contributed by atoms with E-state index in [-0.39, 0.29) is 18.4 Å². The molecule has 22 heavy (non-hydrogen) atoms. The first kappa shape index (κ1) is 21.5. The molecule has 0 rings (SSSR count). The highest BCUT2D eigenvalue weighted by molar-refractivity contribution is 6.57. The van der Waals surface area contributed by atoms with E-state index in [4.69, 9.17) is 19.0 Å². The van der Waals surface area contributed by atoms with E-state index in [0.29, 0.717) is 26.4 Å². The van der Waals surface area contributed by atoms with Crippen LogP contribution in [0, 0.1) is 0 Å². The van der Waals surface area contributed by atoms with E-state index < -0.39 is 8.97 Å². The molecule has 1 unspecified atom stereocenters. The number of rotatable bonds is 14. The summed E-state index contributed by atoms with van der Waals surface area (Å²) in [6.45, 7) is 12.2. The second-order valence-electron chi connectivity index (χ2n) is 5.08. The summed E-state index contributed by atoms with van der Waals surface area (Å²) in [6, 6.07) is 0.265.